The van der Waals surface area contributed by atoms with E-state index in [-0.39, 0.29) is 5.91 Å². The van der Waals surface area contributed by atoms with Crippen LogP contribution in [-0.4, -0.2) is 25.7 Å². The smallest absolute Gasteiger partial charge is 0.255 e. The third kappa shape index (κ3) is 3.15. The minimum absolute atomic E-state index is 0.296. The minimum Gasteiger partial charge on any atom is -0.328 e. The molecule has 4 rings (SSSR count). The maximum Gasteiger partial charge on any atom is 0.255 e. The number of carbonyl (C=O) groups is 1. The minimum atomic E-state index is -0.577. The van der Waals surface area contributed by atoms with Crippen molar-refractivity contribution >= 4 is 40.7 Å². The molecule has 1 atom stereocenters. The van der Waals surface area contributed by atoms with Gasteiger partial charge in [-0.15, -0.1) is 0 Å². The predicted octanol–water partition coefficient (Wildman–Crippen LogP) is 3.91. The average Bonchev–Trinajstić information content (AvgIpc) is 3.12. The van der Waals surface area contributed by atoms with E-state index < -0.39 is 6.04 Å². The van der Waals surface area contributed by atoms with Gasteiger partial charge in [0.05, 0.1) is 27.5 Å². The fraction of sp³-hybridized carbons (Fsp3) is 0.111. The van der Waals surface area contributed by atoms with E-state index in [1.165, 1.54) is 6.33 Å². The molecule has 0 aliphatic carbocycles. The van der Waals surface area contributed by atoms with E-state index in [1.807, 2.05) is 13.0 Å². The van der Waals surface area contributed by atoms with Gasteiger partial charge in [-0.2, -0.15) is 10.1 Å². The van der Waals surface area contributed by atoms with Gasteiger partial charge in [-0.1, -0.05) is 35.3 Å². The summed E-state index contributed by atoms with van der Waals surface area (Å²) >= 11 is 12.7. The summed E-state index contributed by atoms with van der Waals surface area (Å²) < 4.78 is 1.61. The average molecular weight is 401 g/mol. The zero-order chi connectivity index (χ0) is 19.0. The van der Waals surface area contributed by atoms with Gasteiger partial charge < -0.3 is 10.6 Å². The highest BCUT2D eigenvalue weighted by atomic mass is 35.5. The molecule has 9 heteroatoms. The van der Waals surface area contributed by atoms with E-state index in [0.717, 1.165) is 0 Å². The van der Waals surface area contributed by atoms with Crippen LogP contribution in [0.3, 0.4) is 0 Å². The molecule has 1 aliphatic rings. The van der Waals surface area contributed by atoms with Crippen LogP contribution in [-0.2, 0) is 4.79 Å². The van der Waals surface area contributed by atoms with Crippen molar-refractivity contribution in [1.82, 2.24) is 19.7 Å². The van der Waals surface area contributed by atoms with Gasteiger partial charge in [0, 0.05) is 17.5 Å². The number of carbonyl (C=O) groups excluding carboxylic acids is 1. The monoisotopic (exact) mass is 400 g/mol. The molecule has 3 aromatic rings. The Balaban J connectivity index is 1.82. The van der Waals surface area contributed by atoms with Crippen molar-refractivity contribution in [3.8, 4) is 0 Å². The van der Waals surface area contributed by atoms with Crippen molar-refractivity contribution in [2.75, 3.05) is 10.6 Å². The van der Waals surface area contributed by atoms with Crippen molar-refractivity contribution in [3.63, 3.8) is 0 Å². The highest BCUT2D eigenvalue weighted by molar-refractivity contribution is 6.42. The summed E-state index contributed by atoms with van der Waals surface area (Å²) in [6.07, 6.45) is 4.63. The number of halogens is 2. The molecule has 0 bridgehead atoms. The third-order valence-corrected chi connectivity index (χ3v) is 5.07. The van der Waals surface area contributed by atoms with Crippen LogP contribution in [0.25, 0.3) is 0 Å². The Hall–Kier alpha value is -2.90. The summed E-state index contributed by atoms with van der Waals surface area (Å²) in [7, 11) is 0. The summed E-state index contributed by atoms with van der Waals surface area (Å²) in [5.74, 6) is 0.224. The van der Waals surface area contributed by atoms with Gasteiger partial charge in [0.2, 0.25) is 5.95 Å². The molecule has 0 saturated heterocycles. The predicted molar refractivity (Wildman–Crippen MR) is 104 cm³/mol. The Labute approximate surface area is 165 Å². The summed E-state index contributed by atoms with van der Waals surface area (Å²) in [6, 6.07) is 8.24. The molecular weight excluding hydrogens is 387 g/mol. The van der Waals surface area contributed by atoms with Crippen LogP contribution in [0.4, 0.5) is 11.6 Å². The number of aromatic nitrogens is 4. The molecule has 136 valence electrons. The molecule has 3 heterocycles. The largest absolute Gasteiger partial charge is 0.328 e. The van der Waals surface area contributed by atoms with Crippen LogP contribution in [0.5, 0.6) is 0 Å². The molecule has 1 aliphatic heterocycles. The molecule has 2 aromatic heterocycles. The van der Waals surface area contributed by atoms with E-state index in [4.69, 9.17) is 23.2 Å². The number of hydrogen-bond acceptors (Lipinski definition) is 5. The topological polar surface area (TPSA) is 84.7 Å². The number of rotatable bonds is 3. The Morgan fingerprint density at radius 3 is 2.89 bits per heavy atom. The molecule has 7 nitrogen and oxygen atoms in total. The Morgan fingerprint density at radius 2 is 2.11 bits per heavy atom. The normalized spacial score (nSPS) is 15.9. The Kier molecular flexibility index (Phi) is 4.55. The van der Waals surface area contributed by atoms with Crippen LogP contribution >= 0.6 is 23.2 Å². The number of nitrogens with zero attached hydrogens (tertiary/aromatic N) is 4. The number of nitrogens with one attached hydrogen (secondary N) is 2. The van der Waals surface area contributed by atoms with Crippen molar-refractivity contribution in [1.29, 1.82) is 0 Å². The van der Waals surface area contributed by atoms with Gasteiger partial charge in [0.15, 0.2) is 0 Å². The summed E-state index contributed by atoms with van der Waals surface area (Å²) in [5, 5.41) is 11.0. The first-order valence-corrected chi connectivity index (χ1v) is 8.84. The zero-order valence-corrected chi connectivity index (χ0v) is 15.7. The Morgan fingerprint density at radius 1 is 1.26 bits per heavy atom. The van der Waals surface area contributed by atoms with Crippen LogP contribution in [0, 0.1) is 0 Å². The van der Waals surface area contributed by atoms with Gasteiger partial charge >= 0.3 is 0 Å². The fourth-order valence-corrected chi connectivity index (χ4v) is 3.45. The molecule has 27 heavy (non-hydrogen) atoms. The zero-order valence-electron chi connectivity index (χ0n) is 14.1. The second-order valence-electron chi connectivity index (χ2n) is 5.93. The number of hydrogen-bond donors (Lipinski definition) is 2. The maximum atomic E-state index is 13.1. The summed E-state index contributed by atoms with van der Waals surface area (Å²) in [6.45, 7) is 1.81. The molecule has 1 aromatic carbocycles. The first kappa shape index (κ1) is 17.5. The number of anilines is 2. The van der Waals surface area contributed by atoms with Gasteiger partial charge in [-0.05, 0) is 25.1 Å². The van der Waals surface area contributed by atoms with Gasteiger partial charge in [-0.25, -0.2) is 4.68 Å². The quantitative estimate of drug-likeness (QED) is 0.695. The molecule has 0 saturated carbocycles. The van der Waals surface area contributed by atoms with Gasteiger partial charge in [-0.3, -0.25) is 9.78 Å². The first-order valence-electron chi connectivity index (χ1n) is 8.09. The van der Waals surface area contributed by atoms with E-state index in [1.54, 1.807) is 41.3 Å². The number of amides is 1. The molecule has 0 fully saturated rings. The van der Waals surface area contributed by atoms with Crippen molar-refractivity contribution in [3.05, 3.63) is 75.9 Å². The molecule has 0 radical (unpaired) electrons. The first-order chi connectivity index (χ1) is 13.1. The van der Waals surface area contributed by atoms with E-state index in [0.29, 0.717) is 38.5 Å². The van der Waals surface area contributed by atoms with E-state index in [9.17, 15) is 4.79 Å². The van der Waals surface area contributed by atoms with Crippen molar-refractivity contribution in [2.24, 2.45) is 0 Å². The molecular formula is C18H14Cl2N6O. The Bertz CT molecular complexity index is 1050. The second kappa shape index (κ2) is 7.02. The lowest BCUT2D eigenvalue weighted by Gasteiger charge is -2.29. The van der Waals surface area contributed by atoms with Crippen molar-refractivity contribution < 1.29 is 4.79 Å². The van der Waals surface area contributed by atoms with E-state index in [2.05, 4.69) is 25.7 Å². The van der Waals surface area contributed by atoms with Gasteiger partial charge in [0.1, 0.15) is 12.4 Å². The fourth-order valence-electron chi connectivity index (χ4n) is 3.04. The summed E-state index contributed by atoms with van der Waals surface area (Å²) in [5.41, 5.74) is 2.36. The van der Waals surface area contributed by atoms with Gasteiger partial charge in [0.25, 0.3) is 5.91 Å². The molecule has 0 unspecified atom stereocenters. The highest BCUT2D eigenvalue weighted by Crippen LogP contribution is 2.40. The number of fused-ring (bicyclic) bond motifs is 1. The second-order valence-corrected chi connectivity index (χ2v) is 6.72. The lowest BCUT2D eigenvalue weighted by molar-refractivity contribution is -0.113. The lowest BCUT2D eigenvalue weighted by Crippen LogP contribution is -2.31. The lowest BCUT2D eigenvalue weighted by atomic mass is 9.95. The van der Waals surface area contributed by atoms with Crippen LogP contribution in [0.15, 0.2) is 60.3 Å². The standard InChI is InChI=1S/C18H14Cl2N6O/c1-10-14(17(27)25-11-4-3-7-21-8-11)16(26-18(24-10)22-9-23-26)12-5-2-6-13(19)15(12)20/h2-9,16H,1H3,(H,25,27)(H,22,23,24)/t16-/m1/s1. The maximum absolute atomic E-state index is 13.1. The number of allylic oxidation sites excluding steroid dienone is 1. The van der Waals surface area contributed by atoms with Crippen LogP contribution in [0.1, 0.15) is 18.5 Å². The molecule has 2 N–H and O–H groups in total. The SMILES string of the molecule is CC1=C(C(=O)Nc2cccnc2)[C@@H](c2cccc(Cl)c2Cl)n2ncnc2N1. The van der Waals surface area contributed by atoms with Crippen molar-refractivity contribution in [2.45, 2.75) is 13.0 Å². The number of pyridine rings is 1. The number of benzene rings is 1. The summed E-state index contributed by atoms with van der Waals surface area (Å²) in [4.78, 5) is 21.3. The molecule has 1 amide bonds. The highest BCUT2D eigenvalue weighted by Gasteiger charge is 2.34. The van der Waals surface area contributed by atoms with E-state index >= 15 is 0 Å². The molecule has 0 spiro atoms. The third-order valence-electron chi connectivity index (χ3n) is 4.23. The van der Waals surface area contributed by atoms with Crippen LogP contribution in [0.2, 0.25) is 10.0 Å². The van der Waals surface area contributed by atoms with Crippen LogP contribution < -0.4 is 10.6 Å².